The standard InChI is InChI=1S/C5H4N4/c1-2-6-5-4-7-8-9(5)3-1/h1-4H/p+1. The van der Waals surface area contributed by atoms with Crippen molar-refractivity contribution in [1.29, 1.82) is 0 Å². The van der Waals surface area contributed by atoms with Gasteiger partial charge in [0.25, 0.3) is 0 Å². The van der Waals surface area contributed by atoms with Crippen LogP contribution < -0.4 is 4.52 Å². The number of H-pyrrole nitrogens is 1. The van der Waals surface area contributed by atoms with Gasteiger partial charge in [-0.05, 0) is 5.10 Å². The highest BCUT2D eigenvalue weighted by atomic mass is 15.4. The Morgan fingerprint density at radius 3 is 3.44 bits per heavy atom. The van der Waals surface area contributed by atoms with Gasteiger partial charge in [-0.1, -0.05) is 0 Å². The zero-order valence-corrected chi connectivity index (χ0v) is 4.65. The van der Waals surface area contributed by atoms with Crippen LogP contribution in [0.25, 0.3) is 5.65 Å². The van der Waals surface area contributed by atoms with Crippen LogP contribution in [-0.4, -0.2) is 15.3 Å². The van der Waals surface area contributed by atoms with Gasteiger partial charge in [0, 0.05) is 6.07 Å². The summed E-state index contributed by atoms with van der Waals surface area (Å²) in [4.78, 5) is 4.01. The molecule has 9 heavy (non-hydrogen) atoms. The molecule has 0 saturated heterocycles. The number of nitrogens with zero attached hydrogens (tertiary/aromatic N) is 3. The molecule has 2 rings (SSSR count). The molecule has 44 valence electrons. The maximum atomic E-state index is 4.01. The first-order chi connectivity index (χ1) is 4.47. The summed E-state index contributed by atoms with van der Waals surface area (Å²) in [5.74, 6) is 0. The van der Waals surface area contributed by atoms with Crippen molar-refractivity contribution in [3.05, 3.63) is 24.7 Å². The zero-order chi connectivity index (χ0) is 6.10. The molecule has 2 aromatic rings. The van der Waals surface area contributed by atoms with Crippen molar-refractivity contribution in [3.63, 3.8) is 0 Å². The van der Waals surface area contributed by atoms with Crippen LogP contribution in [0.5, 0.6) is 0 Å². The fourth-order valence-electron chi connectivity index (χ4n) is 0.711. The molecule has 4 nitrogen and oxygen atoms in total. The van der Waals surface area contributed by atoms with Gasteiger partial charge in [-0.3, -0.25) is 0 Å². The Balaban J connectivity index is 2.95. The van der Waals surface area contributed by atoms with Crippen molar-refractivity contribution in [2.75, 3.05) is 0 Å². The van der Waals surface area contributed by atoms with E-state index in [0.29, 0.717) is 0 Å². The highest BCUT2D eigenvalue weighted by Gasteiger charge is 1.97. The maximum Gasteiger partial charge on any atom is 0.321 e. The smallest absolute Gasteiger partial charge is 0.134 e. The van der Waals surface area contributed by atoms with Crippen LogP contribution in [0.1, 0.15) is 0 Å². The Morgan fingerprint density at radius 1 is 1.56 bits per heavy atom. The Hall–Kier alpha value is -1.45. The normalized spacial score (nSPS) is 10.2. The molecule has 0 aliphatic carbocycles. The van der Waals surface area contributed by atoms with E-state index in [-0.39, 0.29) is 0 Å². The summed E-state index contributed by atoms with van der Waals surface area (Å²) in [5.41, 5.74) is 0.831. The number of aromatic amines is 1. The topological polar surface area (TPSA) is 45.7 Å². The quantitative estimate of drug-likeness (QED) is 0.479. The lowest BCUT2D eigenvalue weighted by Crippen LogP contribution is -2.22. The van der Waals surface area contributed by atoms with E-state index >= 15 is 0 Å². The molecule has 0 aliphatic rings. The second kappa shape index (κ2) is 1.51. The molecule has 0 amide bonds. The van der Waals surface area contributed by atoms with Crippen molar-refractivity contribution >= 4 is 5.65 Å². The predicted molar refractivity (Wildman–Crippen MR) is 29.5 cm³/mol. The van der Waals surface area contributed by atoms with Gasteiger partial charge < -0.3 is 0 Å². The van der Waals surface area contributed by atoms with Crippen LogP contribution in [-0.2, 0) is 0 Å². The minimum atomic E-state index is 0.831. The molecule has 0 radical (unpaired) electrons. The molecule has 0 saturated carbocycles. The van der Waals surface area contributed by atoms with Crippen LogP contribution in [0.3, 0.4) is 0 Å². The molecule has 0 aliphatic heterocycles. The first-order valence-corrected chi connectivity index (χ1v) is 2.62. The Labute approximate surface area is 51.1 Å². The first kappa shape index (κ1) is 4.43. The molecule has 2 heterocycles. The van der Waals surface area contributed by atoms with E-state index in [1.165, 1.54) is 0 Å². The summed E-state index contributed by atoms with van der Waals surface area (Å²) in [6.45, 7) is 0. The number of nitrogens with one attached hydrogen (secondary N) is 1. The summed E-state index contributed by atoms with van der Waals surface area (Å²) in [5, 5.41) is 6.50. The third kappa shape index (κ3) is 0.561. The number of hydrogen-bond donors (Lipinski definition) is 1. The van der Waals surface area contributed by atoms with Gasteiger partial charge in [0.15, 0.2) is 0 Å². The molecule has 0 aromatic carbocycles. The summed E-state index contributed by atoms with van der Waals surface area (Å²) < 4.78 is 1.74. The lowest BCUT2D eigenvalue weighted by atomic mass is 10.6. The molecule has 0 spiro atoms. The molecule has 2 aromatic heterocycles. The fourth-order valence-corrected chi connectivity index (χ4v) is 0.711. The van der Waals surface area contributed by atoms with Gasteiger partial charge in [0.05, 0.1) is 6.20 Å². The van der Waals surface area contributed by atoms with E-state index < -0.39 is 0 Å². The number of fused-ring (bicyclic) bond motifs is 1. The molecule has 0 bridgehead atoms. The van der Waals surface area contributed by atoms with E-state index in [0.717, 1.165) is 5.65 Å². The number of rotatable bonds is 0. The van der Waals surface area contributed by atoms with Crippen LogP contribution in [0.4, 0.5) is 0 Å². The summed E-state index contributed by atoms with van der Waals surface area (Å²) in [7, 11) is 0. The molecule has 0 unspecified atom stereocenters. The number of aromatic nitrogens is 4. The van der Waals surface area contributed by atoms with Gasteiger partial charge >= 0.3 is 5.65 Å². The molecule has 0 atom stereocenters. The van der Waals surface area contributed by atoms with Crippen LogP contribution in [0.15, 0.2) is 24.7 Å². The SMILES string of the molecule is c1cnc2cn[nH][n+]2c1. The molecule has 0 fully saturated rings. The second-order valence-electron chi connectivity index (χ2n) is 1.71. The van der Waals surface area contributed by atoms with E-state index in [1.54, 1.807) is 16.9 Å². The van der Waals surface area contributed by atoms with Crippen LogP contribution in [0.2, 0.25) is 0 Å². The largest absolute Gasteiger partial charge is 0.321 e. The van der Waals surface area contributed by atoms with Crippen molar-refractivity contribution < 1.29 is 4.52 Å². The van der Waals surface area contributed by atoms with E-state index in [2.05, 4.69) is 15.3 Å². The Morgan fingerprint density at radius 2 is 2.56 bits per heavy atom. The molecular formula is C5H5N4+. The van der Waals surface area contributed by atoms with Gasteiger partial charge in [-0.2, -0.15) is 0 Å². The average Bonchev–Trinajstić information content (AvgIpc) is 2.33. The maximum absolute atomic E-state index is 4.01. The zero-order valence-electron chi connectivity index (χ0n) is 4.65. The van der Waals surface area contributed by atoms with Gasteiger partial charge in [0.1, 0.15) is 6.20 Å². The minimum absolute atomic E-state index is 0.831. The third-order valence-corrected chi connectivity index (χ3v) is 1.12. The predicted octanol–water partition coefficient (Wildman–Crippen LogP) is -0.457. The van der Waals surface area contributed by atoms with Crippen LogP contribution in [0, 0.1) is 0 Å². The second-order valence-corrected chi connectivity index (χ2v) is 1.71. The van der Waals surface area contributed by atoms with Crippen molar-refractivity contribution in [1.82, 2.24) is 15.3 Å². The third-order valence-electron chi connectivity index (χ3n) is 1.12. The minimum Gasteiger partial charge on any atom is -0.134 e. The lowest BCUT2D eigenvalue weighted by molar-refractivity contribution is -0.584. The first-order valence-electron chi connectivity index (χ1n) is 2.62. The van der Waals surface area contributed by atoms with Gasteiger partial charge in [-0.15, -0.1) is 14.7 Å². The van der Waals surface area contributed by atoms with Crippen molar-refractivity contribution in [3.8, 4) is 0 Å². The van der Waals surface area contributed by atoms with Crippen molar-refractivity contribution in [2.45, 2.75) is 0 Å². The molecule has 4 heteroatoms. The van der Waals surface area contributed by atoms with Crippen molar-refractivity contribution in [2.24, 2.45) is 0 Å². The fraction of sp³-hybridized carbons (Fsp3) is 0. The van der Waals surface area contributed by atoms with Crippen LogP contribution >= 0.6 is 0 Å². The van der Waals surface area contributed by atoms with Gasteiger partial charge in [0.2, 0.25) is 6.20 Å². The lowest BCUT2D eigenvalue weighted by Gasteiger charge is -1.75. The van der Waals surface area contributed by atoms with E-state index in [4.69, 9.17) is 0 Å². The summed E-state index contributed by atoms with van der Waals surface area (Å²) in [6, 6.07) is 1.84. The monoisotopic (exact) mass is 121 g/mol. The van der Waals surface area contributed by atoms with Gasteiger partial charge in [-0.25, -0.2) is 0 Å². The van der Waals surface area contributed by atoms with E-state index in [1.807, 2.05) is 12.3 Å². The highest BCUT2D eigenvalue weighted by molar-refractivity contribution is 5.20. The Bertz CT molecular complexity index is 283. The Kier molecular flexibility index (Phi) is 0.745. The molecular weight excluding hydrogens is 116 g/mol. The van der Waals surface area contributed by atoms with E-state index in [9.17, 15) is 0 Å². The average molecular weight is 121 g/mol. The number of hydrogen-bond acceptors (Lipinski definition) is 2. The molecule has 1 N–H and O–H groups in total. The summed E-state index contributed by atoms with van der Waals surface area (Å²) in [6.07, 6.45) is 5.25. The summed E-state index contributed by atoms with van der Waals surface area (Å²) >= 11 is 0. The highest BCUT2D eigenvalue weighted by Crippen LogP contribution is 1.80.